The number of carbonyl (C=O) groups is 2. The highest BCUT2D eigenvalue weighted by molar-refractivity contribution is 5.89. The van der Waals surface area contributed by atoms with Gasteiger partial charge in [-0.1, -0.05) is 0 Å². The molecule has 1 amide bonds. The Morgan fingerprint density at radius 3 is 3.00 bits per heavy atom. The van der Waals surface area contributed by atoms with Crippen LogP contribution < -0.4 is 5.32 Å². The standard InChI is InChI=1S/C12H13NO4/c14-11(13-9-3-4-9)8-17-12(15)6-5-10-2-1-7-16-10/h1-2,5-7,9H,3-4,8H2,(H,13,14). The summed E-state index contributed by atoms with van der Waals surface area (Å²) < 4.78 is 9.75. The van der Waals surface area contributed by atoms with Crippen molar-refractivity contribution in [2.75, 3.05) is 6.61 Å². The first-order valence-corrected chi connectivity index (χ1v) is 5.42. The SMILES string of the molecule is O=C(COC(=O)C=Cc1ccco1)NC1CC1. The van der Waals surface area contributed by atoms with Gasteiger partial charge in [0.05, 0.1) is 6.26 Å². The zero-order chi connectivity index (χ0) is 12.1. The van der Waals surface area contributed by atoms with Crippen LogP contribution in [0.5, 0.6) is 0 Å². The molecule has 90 valence electrons. The van der Waals surface area contributed by atoms with Crippen LogP contribution in [-0.2, 0) is 14.3 Å². The topological polar surface area (TPSA) is 68.5 Å². The van der Waals surface area contributed by atoms with E-state index < -0.39 is 5.97 Å². The summed E-state index contributed by atoms with van der Waals surface area (Å²) in [5.41, 5.74) is 0. The van der Waals surface area contributed by atoms with Crippen LogP contribution in [0.4, 0.5) is 0 Å². The molecule has 1 aliphatic carbocycles. The van der Waals surface area contributed by atoms with E-state index in [1.165, 1.54) is 18.4 Å². The van der Waals surface area contributed by atoms with Crippen LogP contribution in [0.25, 0.3) is 6.08 Å². The first-order valence-electron chi connectivity index (χ1n) is 5.42. The highest BCUT2D eigenvalue weighted by Crippen LogP contribution is 2.18. The maximum Gasteiger partial charge on any atom is 0.331 e. The molecule has 1 aromatic heterocycles. The molecule has 0 radical (unpaired) electrons. The summed E-state index contributed by atoms with van der Waals surface area (Å²) in [7, 11) is 0. The van der Waals surface area contributed by atoms with Gasteiger partial charge in [0, 0.05) is 12.1 Å². The van der Waals surface area contributed by atoms with Gasteiger partial charge >= 0.3 is 5.97 Å². The molecule has 5 nitrogen and oxygen atoms in total. The summed E-state index contributed by atoms with van der Waals surface area (Å²) in [5, 5.41) is 2.72. The van der Waals surface area contributed by atoms with Crippen molar-refractivity contribution in [3.05, 3.63) is 30.2 Å². The van der Waals surface area contributed by atoms with Crippen molar-refractivity contribution in [2.24, 2.45) is 0 Å². The molecular weight excluding hydrogens is 222 g/mol. The van der Waals surface area contributed by atoms with E-state index in [-0.39, 0.29) is 18.6 Å². The molecule has 17 heavy (non-hydrogen) atoms. The molecular formula is C12H13NO4. The third-order valence-electron chi connectivity index (χ3n) is 2.21. The predicted octanol–water partition coefficient (Wildman–Crippen LogP) is 1.11. The van der Waals surface area contributed by atoms with Crippen LogP contribution >= 0.6 is 0 Å². The largest absolute Gasteiger partial charge is 0.465 e. The minimum atomic E-state index is -0.563. The third-order valence-corrected chi connectivity index (χ3v) is 2.21. The van der Waals surface area contributed by atoms with E-state index in [1.54, 1.807) is 12.1 Å². The van der Waals surface area contributed by atoms with Gasteiger partial charge in [-0.3, -0.25) is 4.79 Å². The summed E-state index contributed by atoms with van der Waals surface area (Å²) in [5.74, 6) is -0.260. The molecule has 2 rings (SSSR count). The van der Waals surface area contributed by atoms with Gasteiger partial charge in [-0.25, -0.2) is 4.79 Å². The Hall–Kier alpha value is -2.04. The minimum Gasteiger partial charge on any atom is -0.465 e. The lowest BCUT2D eigenvalue weighted by atomic mass is 10.4. The Kier molecular flexibility index (Phi) is 3.59. The van der Waals surface area contributed by atoms with Gasteiger partial charge in [0.2, 0.25) is 0 Å². The lowest BCUT2D eigenvalue weighted by Gasteiger charge is -2.02. The molecule has 0 aromatic carbocycles. The van der Waals surface area contributed by atoms with Crippen molar-refractivity contribution in [2.45, 2.75) is 18.9 Å². The second-order valence-electron chi connectivity index (χ2n) is 3.80. The number of hydrogen-bond donors (Lipinski definition) is 1. The molecule has 0 aliphatic heterocycles. The summed E-state index contributed by atoms with van der Waals surface area (Å²) in [6.45, 7) is -0.238. The van der Waals surface area contributed by atoms with Crippen molar-refractivity contribution in [3.63, 3.8) is 0 Å². The number of furan rings is 1. The van der Waals surface area contributed by atoms with E-state index in [9.17, 15) is 9.59 Å². The zero-order valence-corrected chi connectivity index (χ0v) is 9.22. The Morgan fingerprint density at radius 2 is 2.35 bits per heavy atom. The van der Waals surface area contributed by atoms with E-state index >= 15 is 0 Å². The number of amides is 1. The monoisotopic (exact) mass is 235 g/mol. The van der Waals surface area contributed by atoms with Crippen LogP contribution in [-0.4, -0.2) is 24.5 Å². The van der Waals surface area contributed by atoms with Crippen molar-refractivity contribution in [1.82, 2.24) is 5.32 Å². The number of carbonyl (C=O) groups excluding carboxylic acids is 2. The molecule has 1 fully saturated rings. The van der Waals surface area contributed by atoms with Crippen molar-refractivity contribution >= 4 is 18.0 Å². The Balaban J connectivity index is 1.68. The smallest absolute Gasteiger partial charge is 0.331 e. The van der Waals surface area contributed by atoms with Crippen molar-refractivity contribution in [1.29, 1.82) is 0 Å². The highest BCUT2D eigenvalue weighted by atomic mass is 16.5. The van der Waals surface area contributed by atoms with Crippen LogP contribution in [0.1, 0.15) is 18.6 Å². The predicted molar refractivity (Wildman–Crippen MR) is 59.9 cm³/mol. The Bertz CT molecular complexity index is 418. The van der Waals surface area contributed by atoms with Crippen LogP contribution in [0.2, 0.25) is 0 Å². The third kappa shape index (κ3) is 4.14. The number of ether oxygens (including phenoxy) is 1. The van der Waals surface area contributed by atoms with E-state index in [1.807, 2.05) is 0 Å². The Labute approximate surface area is 98.4 Å². The molecule has 1 aromatic rings. The van der Waals surface area contributed by atoms with E-state index in [0.717, 1.165) is 12.8 Å². The molecule has 0 atom stereocenters. The lowest BCUT2D eigenvalue weighted by molar-refractivity contribution is -0.143. The van der Waals surface area contributed by atoms with Crippen molar-refractivity contribution in [3.8, 4) is 0 Å². The fourth-order valence-electron chi connectivity index (χ4n) is 1.22. The number of hydrogen-bond acceptors (Lipinski definition) is 4. The summed E-state index contributed by atoms with van der Waals surface area (Å²) in [6.07, 6.45) is 6.24. The number of rotatable bonds is 5. The molecule has 0 bridgehead atoms. The normalized spacial score (nSPS) is 14.8. The van der Waals surface area contributed by atoms with Crippen LogP contribution in [0, 0.1) is 0 Å². The summed E-state index contributed by atoms with van der Waals surface area (Å²) >= 11 is 0. The van der Waals surface area contributed by atoms with Gasteiger partial charge in [-0.05, 0) is 31.1 Å². The summed E-state index contributed by atoms with van der Waals surface area (Å²) in [6, 6.07) is 3.71. The van der Waals surface area contributed by atoms with Gasteiger partial charge in [0.1, 0.15) is 5.76 Å². The number of nitrogens with one attached hydrogen (secondary N) is 1. The molecule has 1 heterocycles. The quantitative estimate of drug-likeness (QED) is 0.613. The van der Waals surface area contributed by atoms with Crippen LogP contribution in [0.15, 0.2) is 28.9 Å². The number of esters is 1. The second-order valence-corrected chi connectivity index (χ2v) is 3.80. The molecule has 1 N–H and O–H groups in total. The highest BCUT2D eigenvalue weighted by Gasteiger charge is 2.23. The zero-order valence-electron chi connectivity index (χ0n) is 9.22. The van der Waals surface area contributed by atoms with Gasteiger partial charge in [0.15, 0.2) is 6.61 Å². The van der Waals surface area contributed by atoms with Gasteiger partial charge in [0.25, 0.3) is 5.91 Å². The molecule has 1 aliphatic rings. The van der Waals surface area contributed by atoms with E-state index in [4.69, 9.17) is 9.15 Å². The fraction of sp³-hybridized carbons (Fsp3) is 0.333. The van der Waals surface area contributed by atoms with Gasteiger partial charge in [-0.15, -0.1) is 0 Å². The van der Waals surface area contributed by atoms with Crippen molar-refractivity contribution < 1.29 is 18.7 Å². The maximum atomic E-state index is 11.2. The molecule has 5 heteroatoms. The molecule has 1 saturated carbocycles. The van der Waals surface area contributed by atoms with E-state index in [0.29, 0.717) is 5.76 Å². The average Bonchev–Trinajstić information content (AvgIpc) is 2.96. The molecule has 0 spiro atoms. The molecule has 0 unspecified atom stereocenters. The Morgan fingerprint density at radius 1 is 1.53 bits per heavy atom. The first-order chi connectivity index (χ1) is 8.24. The van der Waals surface area contributed by atoms with E-state index in [2.05, 4.69) is 5.32 Å². The second kappa shape index (κ2) is 5.34. The molecule has 0 saturated heterocycles. The average molecular weight is 235 g/mol. The van der Waals surface area contributed by atoms with Crippen LogP contribution in [0.3, 0.4) is 0 Å². The van der Waals surface area contributed by atoms with Gasteiger partial charge in [-0.2, -0.15) is 0 Å². The maximum absolute atomic E-state index is 11.2. The summed E-state index contributed by atoms with van der Waals surface area (Å²) in [4.78, 5) is 22.4. The lowest BCUT2D eigenvalue weighted by Crippen LogP contribution is -2.30. The minimum absolute atomic E-state index is 0.238. The first kappa shape index (κ1) is 11.4. The fourth-order valence-corrected chi connectivity index (χ4v) is 1.22. The van der Waals surface area contributed by atoms with Gasteiger partial charge < -0.3 is 14.5 Å².